The summed E-state index contributed by atoms with van der Waals surface area (Å²) >= 11 is 0. The Morgan fingerprint density at radius 3 is 2.46 bits per heavy atom. The van der Waals surface area contributed by atoms with E-state index in [1.54, 1.807) is 11.9 Å². The first-order valence-corrected chi connectivity index (χ1v) is 8.13. The van der Waals surface area contributed by atoms with Gasteiger partial charge in [-0.3, -0.25) is 4.79 Å². The van der Waals surface area contributed by atoms with Gasteiger partial charge in [-0.05, 0) is 56.0 Å². The van der Waals surface area contributed by atoms with Crippen molar-refractivity contribution < 1.29 is 22.7 Å². The predicted molar refractivity (Wildman–Crippen MR) is 84.4 cm³/mol. The highest BCUT2D eigenvalue weighted by Gasteiger charge is 2.30. The molecule has 0 aromatic heterocycles. The Hall–Kier alpha value is -1.76. The van der Waals surface area contributed by atoms with Crippen molar-refractivity contribution in [2.75, 3.05) is 20.1 Å². The molecule has 0 aliphatic carbocycles. The van der Waals surface area contributed by atoms with E-state index in [1.165, 1.54) is 24.3 Å². The van der Waals surface area contributed by atoms with Crippen molar-refractivity contribution in [1.29, 1.82) is 0 Å². The summed E-state index contributed by atoms with van der Waals surface area (Å²) in [5.74, 6) is 0.401. The number of amides is 1. The van der Waals surface area contributed by atoms with E-state index in [1.807, 2.05) is 0 Å². The Morgan fingerprint density at radius 1 is 1.25 bits per heavy atom. The fraction of sp³-hybridized carbons (Fsp3) is 0.588. The monoisotopic (exact) mass is 344 g/mol. The van der Waals surface area contributed by atoms with Crippen LogP contribution < -0.4 is 10.1 Å². The molecule has 1 amide bonds. The van der Waals surface area contributed by atoms with Crippen LogP contribution in [0.15, 0.2) is 24.3 Å². The van der Waals surface area contributed by atoms with E-state index in [9.17, 15) is 18.0 Å². The summed E-state index contributed by atoms with van der Waals surface area (Å²) in [4.78, 5) is 13.8. The van der Waals surface area contributed by atoms with Crippen LogP contribution in [0.1, 0.15) is 31.2 Å². The lowest BCUT2D eigenvalue weighted by atomic mass is 9.93. The molecule has 0 radical (unpaired) electrons. The molecule has 1 aromatic rings. The maximum absolute atomic E-state index is 12.2. The highest BCUT2D eigenvalue weighted by molar-refractivity contribution is 5.75. The summed E-state index contributed by atoms with van der Waals surface area (Å²) in [7, 11) is 1.71. The van der Waals surface area contributed by atoms with Crippen molar-refractivity contribution in [2.24, 2.45) is 5.92 Å². The number of carbonyl (C=O) groups is 1. The van der Waals surface area contributed by atoms with Gasteiger partial charge in [0.25, 0.3) is 0 Å². The molecular formula is C17H23F3N2O2. The first kappa shape index (κ1) is 18.6. The molecule has 1 heterocycles. The van der Waals surface area contributed by atoms with Crippen LogP contribution in [-0.2, 0) is 11.3 Å². The number of rotatable bonds is 6. The molecule has 2 rings (SSSR count). The minimum Gasteiger partial charge on any atom is -0.406 e. The Kier molecular flexibility index (Phi) is 6.48. The molecule has 1 aliphatic heterocycles. The second kappa shape index (κ2) is 8.37. The van der Waals surface area contributed by atoms with Gasteiger partial charge in [-0.1, -0.05) is 12.1 Å². The van der Waals surface area contributed by atoms with Crippen LogP contribution in [0.2, 0.25) is 0 Å². The number of hydrogen-bond donors (Lipinski definition) is 1. The van der Waals surface area contributed by atoms with E-state index in [-0.39, 0.29) is 11.7 Å². The molecule has 24 heavy (non-hydrogen) atoms. The van der Waals surface area contributed by atoms with Crippen LogP contribution in [0.4, 0.5) is 13.2 Å². The quantitative estimate of drug-likeness (QED) is 0.861. The molecule has 7 heteroatoms. The largest absolute Gasteiger partial charge is 0.573 e. The highest BCUT2D eigenvalue weighted by atomic mass is 19.4. The number of nitrogens with zero attached hydrogens (tertiary/aromatic N) is 1. The molecule has 1 fully saturated rings. The lowest BCUT2D eigenvalue weighted by Gasteiger charge is -2.23. The van der Waals surface area contributed by atoms with Gasteiger partial charge in [-0.15, -0.1) is 13.2 Å². The molecule has 1 N–H and O–H groups in total. The summed E-state index contributed by atoms with van der Waals surface area (Å²) < 4.78 is 40.2. The molecule has 1 aliphatic rings. The number of benzene rings is 1. The zero-order valence-corrected chi connectivity index (χ0v) is 13.7. The number of ether oxygens (including phenoxy) is 1. The number of alkyl halides is 3. The van der Waals surface area contributed by atoms with Crippen LogP contribution in [-0.4, -0.2) is 37.3 Å². The van der Waals surface area contributed by atoms with Gasteiger partial charge >= 0.3 is 6.36 Å². The number of halogens is 3. The fourth-order valence-electron chi connectivity index (χ4n) is 2.85. The van der Waals surface area contributed by atoms with Gasteiger partial charge in [0.15, 0.2) is 0 Å². The van der Waals surface area contributed by atoms with Crippen LogP contribution in [0, 0.1) is 5.92 Å². The van der Waals surface area contributed by atoms with Crippen LogP contribution in [0.25, 0.3) is 0 Å². The maximum atomic E-state index is 12.2. The zero-order chi connectivity index (χ0) is 17.6. The normalized spacial score (nSPS) is 16.0. The van der Waals surface area contributed by atoms with E-state index >= 15 is 0 Å². The molecule has 4 nitrogen and oxygen atoms in total. The fourth-order valence-corrected chi connectivity index (χ4v) is 2.85. The molecule has 1 aromatic carbocycles. The first-order chi connectivity index (χ1) is 11.3. The van der Waals surface area contributed by atoms with Crippen molar-refractivity contribution in [3.63, 3.8) is 0 Å². The van der Waals surface area contributed by atoms with Gasteiger partial charge in [-0.25, -0.2) is 0 Å². The van der Waals surface area contributed by atoms with Crippen LogP contribution in [0.5, 0.6) is 5.75 Å². The van der Waals surface area contributed by atoms with E-state index in [0.717, 1.165) is 37.9 Å². The SMILES string of the molecule is CN(Cc1ccc(OC(F)(F)F)cc1)C(=O)CCC1CCNCC1. The smallest absolute Gasteiger partial charge is 0.406 e. The Bertz CT molecular complexity index is 526. The van der Waals surface area contributed by atoms with Gasteiger partial charge in [0.05, 0.1) is 0 Å². The van der Waals surface area contributed by atoms with Crippen molar-refractivity contribution in [1.82, 2.24) is 10.2 Å². The number of piperidine rings is 1. The third kappa shape index (κ3) is 6.39. The summed E-state index contributed by atoms with van der Waals surface area (Å²) in [5, 5.41) is 3.30. The van der Waals surface area contributed by atoms with Crippen molar-refractivity contribution in [2.45, 2.75) is 38.6 Å². The van der Waals surface area contributed by atoms with Crippen molar-refractivity contribution in [3.05, 3.63) is 29.8 Å². The summed E-state index contributed by atoms with van der Waals surface area (Å²) in [6.45, 7) is 2.40. The van der Waals surface area contributed by atoms with E-state index < -0.39 is 6.36 Å². The molecule has 134 valence electrons. The van der Waals surface area contributed by atoms with E-state index in [4.69, 9.17) is 0 Å². The number of nitrogens with one attached hydrogen (secondary N) is 1. The molecule has 1 saturated heterocycles. The Balaban J connectivity index is 1.78. The summed E-state index contributed by atoms with van der Waals surface area (Å²) in [5.41, 5.74) is 0.766. The molecule has 0 bridgehead atoms. The van der Waals surface area contributed by atoms with Gasteiger partial charge in [0, 0.05) is 20.0 Å². The predicted octanol–water partition coefficient (Wildman–Crippen LogP) is 3.32. The lowest BCUT2D eigenvalue weighted by Crippen LogP contribution is -2.30. The topological polar surface area (TPSA) is 41.6 Å². The minimum atomic E-state index is -4.69. The highest BCUT2D eigenvalue weighted by Crippen LogP contribution is 2.23. The van der Waals surface area contributed by atoms with Gasteiger partial charge in [-0.2, -0.15) is 0 Å². The van der Waals surface area contributed by atoms with Crippen LogP contribution in [0.3, 0.4) is 0 Å². The molecule has 0 atom stereocenters. The summed E-state index contributed by atoms with van der Waals surface area (Å²) in [6.07, 6.45) is -1.07. The van der Waals surface area contributed by atoms with E-state index in [0.29, 0.717) is 18.9 Å². The van der Waals surface area contributed by atoms with Crippen LogP contribution >= 0.6 is 0 Å². The maximum Gasteiger partial charge on any atom is 0.573 e. The van der Waals surface area contributed by atoms with Gasteiger partial charge in [0.1, 0.15) is 5.75 Å². The minimum absolute atomic E-state index is 0.0594. The Morgan fingerprint density at radius 2 is 1.88 bits per heavy atom. The second-order valence-corrected chi connectivity index (χ2v) is 6.17. The zero-order valence-electron chi connectivity index (χ0n) is 13.7. The van der Waals surface area contributed by atoms with Gasteiger partial charge < -0.3 is 15.0 Å². The molecule has 0 spiro atoms. The van der Waals surface area contributed by atoms with Gasteiger partial charge in [0.2, 0.25) is 5.91 Å². The third-order valence-corrected chi connectivity index (χ3v) is 4.23. The second-order valence-electron chi connectivity index (χ2n) is 6.17. The number of carbonyl (C=O) groups excluding carboxylic acids is 1. The standard InChI is InChI=1S/C17H23F3N2O2/c1-22(16(23)7-4-13-8-10-21-11-9-13)12-14-2-5-15(6-3-14)24-17(18,19)20/h2-3,5-6,13,21H,4,7-12H2,1H3. The van der Waals surface area contributed by atoms with Crippen molar-refractivity contribution >= 4 is 5.91 Å². The lowest BCUT2D eigenvalue weighted by molar-refractivity contribution is -0.274. The molecular weight excluding hydrogens is 321 g/mol. The molecule has 0 unspecified atom stereocenters. The average molecular weight is 344 g/mol. The first-order valence-electron chi connectivity index (χ1n) is 8.13. The van der Waals surface area contributed by atoms with E-state index in [2.05, 4.69) is 10.1 Å². The third-order valence-electron chi connectivity index (χ3n) is 4.23. The average Bonchev–Trinajstić information content (AvgIpc) is 2.54. The Labute approximate surface area is 140 Å². The van der Waals surface area contributed by atoms with Crippen molar-refractivity contribution in [3.8, 4) is 5.75 Å². The molecule has 0 saturated carbocycles. The number of hydrogen-bond acceptors (Lipinski definition) is 3. The summed E-state index contributed by atoms with van der Waals surface area (Å²) in [6, 6.07) is 5.60.